The summed E-state index contributed by atoms with van der Waals surface area (Å²) in [4.78, 5) is 12.8. The molecule has 4 heteroatoms. The lowest BCUT2D eigenvalue weighted by Gasteiger charge is -2.29. The standard InChI is InChI=1S/C50H38N4/c1-4-16-35(17-5-1)41-22-10-14-26-46(41)53(40-32-33-48-43(34-40)42-23-11-15-27-47(42)54(48)38-20-8-3-9-21-38)39-30-28-37(29-31-39)50-49(36-18-6-2-7-19-36)51-44-24-12-13-25-45(44)52-50/h1-4,6-14,16,18-26,28-34H,5,15,17,27H2. The second-order valence-electron chi connectivity index (χ2n) is 14.0. The van der Waals surface area contributed by atoms with Crippen molar-refractivity contribution in [3.63, 3.8) is 0 Å². The number of benzene rings is 6. The molecule has 0 bridgehead atoms. The third-order valence-corrected chi connectivity index (χ3v) is 10.7. The van der Waals surface area contributed by atoms with E-state index in [1.807, 2.05) is 30.3 Å². The number of para-hydroxylation sites is 4. The van der Waals surface area contributed by atoms with Crippen molar-refractivity contribution in [2.75, 3.05) is 4.90 Å². The summed E-state index contributed by atoms with van der Waals surface area (Å²) in [5, 5.41) is 1.26. The summed E-state index contributed by atoms with van der Waals surface area (Å²) in [5.74, 6) is 0. The van der Waals surface area contributed by atoms with Gasteiger partial charge in [0.15, 0.2) is 0 Å². The minimum absolute atomic E-state index is 0.875. The van der Waals surface area contributed by atoms with Crippen molar-refractivity contribution in [2.24, 2.45) is 0 Å². The Hall–Kier alpha value is -6.78. The van der Waals surface area contributed by atoms with E-state index in [0.29, 0.717) is 0 Å². The van der Waals surface area contributed by atoms with Gasteiger partial charge in [0, 0.05) is 50.4 Å². The molecule has 2 aliphatic carbocycles. The van der Waals surface area contributed by atoms with Crippen LogP contribution in [0.2, 0.25) is 0 Å². The van der Waals surface area contributed by atoms with Crippen molar-refractivity contribution in [1.29, 1.82) is 0 Å². The number of allylic oxidation sites excluding steroid dienone is 5. The molecule has 0 atom stereocenters. The number of anilines is 3. The van der Waals surface area contributed by atoms with E-state index in [1.165, 1.54) is 39.0 Å². The smallest absolute Gasteiger partial charge is 0.0973 e. The van der Waals surface area contributed by atoms with Crippen LogP contribution < -0.4 is 4.90 Å². The SMILES string of the molecule is C1=CCCC(c2ccccc2N(c2ccc(-c3nc4ccccc4nc3-c3ccccc3)cc2)c2ccc3c(c2)c2c(n3-c3ccccc3)CCC=C2)=C1. The zero-order valence-electron chi connectivity index (χ0n) is 29.9. The van der Waals surface area contributed by atoms with Gasteiger partial charge in [-0.15, -0.1) is 0 Å². The second-order valence-corrected chi connectivity index (χ2v) is 14.0. The van der Waals surface area contributed by atoms with Gasteiger partial charge in [0.05, 0.1) is 33.6 Å². The van der Waals surface area contributed by atoms with Crippen LogP contribution in [0.15, 0.2) is 176 Å². The summed E-state index contributed by atoms with van der Waals surface area (Å²) in [6, 6.07) is 54.0. The van der Waals surface area contributed by atoms with E-state index in [1.54, 1.807) is 0 Å². The van der Waals surface area contributed by atoms with Crippen LogP contribution in [0, 0.1) is 0 Å². The molecule has 2 aromatic heterocycles. The molecule has 0 aliphatic heterocycles. The number of aromatic nitrogens is 3. The van der Waals surface area contributed by atoms with Crippen molar-refractivity contribution < 1.29 is 0 Å². The highest BCUT2D eigenvalue weighted by Gasteiger charge is 2.23. The fourth-order valence-corrected chi connectivity index (χ4v) is 8.18. The maximum Gasteiger partial charge on any atom is 0.0973 e. The molecule has 54 heavy (non-hydrogen) atoms. The van der Waals surface area contributed by atoms with Gasteiger partial charge in [-0.1, -0.05) is 121 Å². The van der Waals surface area contributed by atoms with Gasteiger partial charge in [-0.05, 0) is 91.9 Å². The minimum atomic E-state index is 0.875. The number of rotatable bonds is 7. The Balaban J connectivity index is 1.15. The average molecular weight is 695 g/mol. The van der Waals surface area contributed by atoms with Crippen molar-refractivity contribution in [1.82, 2.24) is 14.5 Å². The van der Waals surface area contributed by atoms with Crippen molar-refractivity contribution in [3.8, 4) is 28.2 Å². The summed E-state index contributed by atoms with van der Waals surface area (Å²) in [5.41, 5.74) is 16.7. The van der Waals surface area contributed by atoms with Gasteiger partial charge in [0.1, 0.15) is 0 Å². The molecule has 0 saturated heterocycles. The molecular formula is C50H38N4. The molecule has 0 radical (unpaired) electrons. The number of nitrogens with zero attached hydrogens (tertiary/aromatic N) is 4. The highest BCUT2D eigenvalue weighted by atomic mass is 15.1. The van der Waals surface area contributed by atoms with Crippen LogP contribution in [-0.2, 0) is 6.42 Å². The Kier molecular flexibility index (Phi) is 8.07. The van der Waals surface area contributed by atoms with E-state index in [-0.39, 0.29) is 0 Å². The summed E-state index contributed by atoms with van der Waals surface area (Å²) >= 11 is 0. The molecular weight excluding hydrogens is 657 g/mol. The second kappa shape index (κ2) is 13.6. The third-order valence-electron chi connectivity index (χ3n) is 10.7. The Morgan fingerprint density at radius 1 is 0.556 bits per heavy atom. The van der Waals surface area contributed by atoms with E-state index in [0.717, 1.165) is 76.3 Å². The lowest BCUT2D eigenvalue weighted by atomic mass is 9.95. The Morgan fingerprint density at radius 2 is 1.20 bits per heavy atom. The van der Waals surface area contributed by atoms with Crippen LogP contribution in [0.4, 0.5) is 17.1 Å². The molecule has 0 unspecified atom stereocenters. The van der Waals surface area contributed by atoms with E-state index < -0.39 is 0 Å². The molecule has 10 rings (SSSR count). The molecule has 2 heterocycles. The quantitative estimate of drug-likeness (QED) is 0.167. The van der Waals surface area contributed by atoms with Gasteiger partial charge in [0.25, 0.3) is 0 Å². The molecule has 4 nitrogen and oxygen atoms in total. The Labute approximate surface area is 315 Å². The normalized spacial score (nSPS) is 13.6. The maximum absolute atomic E-state index is 5.19. The van der Waals surface area contributed by atoms with Crippen molar-refractivity contribution in [2.45, 2.75) is 25.7 Å². The summed E-state index contributed by atoms with van der Waals surface area (Å²) in [7, 11) is 0. The van der Waals surface area contributed by atoms with Gasteiger partial charge in [-0.3, -0.25) is 0 Å². The first kappa shape index (κ1) is 31.9. The lowest BCUT2D eigenvalue weighted by molar-refractivity contribution is 0.888. The zero-order valence-corrected chi connectivity index (χ0v) is 29.9. The van der Waals surface area contributed by atoms with Gasteiger partial charge >= 0.3 is 0 Å². The fourth-order valence-electron chi connectivity index (χ4n) is 8.18. The summed E-state index contributed by atoms with van der Waals surface area (Å²) < 4.78 is 2.46. The van der Waals surface area contributed by atoms with Gasteiger partial charge in [-0.25, -0.2) is 9.97 Å². The lowest BCUT2D eigenvalue weighted by Crippen LogP contribution is -2.12. The Morgan fingerprint density at radius 3 is 1.94 bits per heavy atom. The zero-order chi connectivity index (χ0) is 35.8. The molecule has 6 aromatic carbocycles. The maximum atomic E-state index is 5.19. The number of fused-ring (bicyclic) bond motifs is 4. The van der Waals surface area contributed by atoms with E-state index >= 15 is 0 Å². The molecule has 0 spiro atoms. The highest BCUT2D eigenvalue weighted by molar-refractivity contribution is 5.98. The number of hydrogen-bond acceptors (Lipinski definition) is 3. The third kappa shape index (κ3) is 5.64. The molecule has 258 valence electrons. The molecule has 8 aromatic rings. The van der Waals surface area contributed by atoms with Crippen molar-refractivity contribution in [3.05, 3.63) is 193 Å². The molecule has 0 amide bonds. The number of hydrogen-bond donors (Lipinski definition) is 0. The van der Waals surface area contributed by atoms with Crippen molar-refractivity contribution >= 4 is 50.6 Å². The first-order valence-corrected chi connectivity index (χ1v) is 18.9. The summed E-state index contributed by atoms with van der Waals surface area (Å²) in [6.45, 7) is 0. The topological polar surface area (TPSA) is 34.0 Å². The molecule has 0 fully saturated rings. The van der Waals surface area contributed by atoms with Crippen LogP contribution in [0.3, 0.4) is 0 Å². The minimum Gasteiger partial charge on any atom is -0.313 e. The van der Waals surface area contributed by atoms with Crippen LogP contribution in [0.25, 0.3) is 61.8 Å². The molecule has 0 N–H and O–H groups in total. The first-order chi connectivity index (χ1) is 26.8. The predicted octanol–water partition coefficient (Wildman–Crippen LogP) is 13.1. The largest absolute Gasteiger partial charge is 0.313 e. The Bertz CT molecular complexity index is 2750. The van der Waals surface area contributed by atoms with E-state index in [9.17, 15) is 0 Å². The van der Waals surface area contributed by atoms with Crippen LogP contribution >= 0.6 is 0 Å². The van der Waals surface area contributed by atoms with Crippen LogP contribution in [0.5, 0.6) is 0 Å². The highest BCUT2D eigenvalue weighted by Crippen LogP contribution is 2.44. The van der Waals surface area contributed by atoms with Crippen LogP contribution in [0.1, 0.15) is 36.1 Å². The molecule has 2 aliphatic rings. The van der Waals surface area contributed by atoms with E-state index in [4.69, 9.17) is 9.97 Å². The van der Waals surface area contributed by atoms with Gasteiger partial charge in [0.2, 0.25) is 0 Å². The summed E-state index contributed by atoms with van der Waals surface area (Å²) in [6.07, 6.45) is 15.5. The van der Waals surface area contributed by atoms with Gasteiger partial charge < -0.3 is 9.47 Å². The van der Waals surface area contributed by atoms with Gasteiger partial charge in [-0.2, -0.15) is 0 Å². The molecule has 0 saturated carbocycles. The first-order valence-electron chi connectivity index (χ1n) is 18.9. The van der Waals surface area contributed by atoms with Crippen LogP contribution in [-0.4, -0.2) is 14.5 Å². The average Bonchev–Trinajstić information content (AvgIpc) is 3.58. The van der Waals surface area contributed by atoms with E-state index in [2.05, 4.69) is 161 Å². The fraction of sp³-hybridized carbons (Fsp3) is 0.0800. The predicted molar refractivity (Wildman–Crippen MR) is 226 cm³/mol. The monoisotopic (exact) mass is 694 g/mol.